The summed E-state index contributed by atoms with van der Waals surface area (Å²) in [6.45, 7) is 1.76. The highest BCUT2D eigenvalue weighted by Gasteiger charge is 2.15. The van der Waals surface area contributed by atoms with Crippen molar-refractivity contribution in [1.29, 1.82) is 0 Å². The smallest absolute Gasteiger partial charge is 0.230 e. The van der Waals surface area contributed by atoms with Crippen LogP contribution in [0.2, 0.25) is 0 Å². The zero-order valence-electron chi connectivity index (χ0n) is 13.1. The van der Waals surface area contributed by atoms with E-state index >= 15 is 0 Å². The predicted octanol–water partition coefficient (Wildman–Crippen LogP) is 4.72. The normalized spacial score (nSPS) is 10.7. The van der Waals surface area contributed by atoms with Crippen molar-refractivity contribution in [2.24, 2.45) is 0 Å². The van der Waals surface area contributed by atoms with E-state index in [2.05, 4.69) is 10.3 Å². The van der Waals surface area contributed by atoms with Crippen LogP contribution >= 0.6 is 11.3 Å². The van der Waals surface area contributed by atoms with Crippen LogP contribution in [0.4, 0.5) is 18.3 Å². The lowest BCUT2D eigenvalue weighted by Crippen LogP contribution is -2.15. The van der Waals surface area contributed by atoms with Crippen molar-refractivity contribution in [2.75, 3.05) is 5.32 Å². The van der Waals surface area contributed by atoms with E-state index in [9.17, 15) is 18.0 Å². The predicted molar refractivity (Wildman–Crippen MR) is 90.9 cm³/mol. The molecule has 1 aromatic heterocycles. The molecule has 0 fully saturated rings. The fraction of sp³-hybridized carbons (Fsp3) is 0.111. The molecule has 1 amide bonds. The zero-order chi connectivity index (χ0) is 18.0. The molecule has 0 bridgehead atoms. The average molecular weight is 362 g/mol. The molecule has 0 aliphatic heterocycles. The number of benzene rings is 2. The van der Waals surface area contributed by atoms with E-state index in [1.807, 2.05) is 0 Å². The Hall–Kier alpha value is -2.67. The maximum absolute atomic E-state index is 13.6. The van der Waals surface area contributed by atoms with Crippen LogP contribution < -0.4 is 5.32 Å². The third-order valence-corrected chi connectivity index (χ3v) is 4.43. The summed E-state index contributed by atoms with van der Waals surface area (Å²) in [4.78, 5) is 17.1. The number of amides is 1. The van der Waals surface area contributed by atoms with Gasteiger partial charge < -0.3 is 5.32 Å². The number of carbonyl (C=O) groups is 1. The number of halogens is 3. The van der Waals surface area contributed by atoms with E-state index in [4.69, 9.17) is 0 Å². The van der Waals surface area contributed by atoms with Crippen molar-refractivity contribution in [3.8, 4) is 11.3 Å². The van der Waals surface area contributed by atoms with Gasteiger partial charge in [0.1, 0.15) is 5.82 Å². The summed E-state index contributed by atoms with van der Waals surface area (Å²) in [6.07, 6.45) is -0.119. The highest BCUT2D eigenvalue weighted by atomic mass is 32.1. The van der Waals surface area contributed by atoms with Crippen LogP contribution in [0.3, 0.4) is 0 Å². The van der Waals surface area contributed by atoms with Gasteiger partial charge in [-0.25, -0.2) is 18.2 Å². The van der Waals surface area contributed by atoms with Gasteiger partial charge in [0.25, 0.3) is 0 Å². The Morgan fingerprint density at radius 1 is 1.08 bits per heavy atom. The summed E-state index contributed by atoms with van der Waals surface area (Å²) in [5.41, 5.74) is 1.17. The number of thiazole rings is 1. The van der Waals surface area contributed by atoms with Gasteiger partial charge in [-0.15, -0.1) is 11.3 Å². The zero-order valence-corrected chi connectivity index (χ0v) is 14.0. The number of hydrogen-bond donors (Lipinski definition) is 1. The molecule has 0 atom stereocenters. The summed E-state index contributed by atoms with van der Waals surface area (Å²) < 4.78 is 40.0. The van der Waals surface area contributed by atoms with Crippen LogP contribution in [0.5, 0.6) is 0 Å². The lowest BCUT2D eigenvalue weighted by Gasteiger charge is -2.03. The summed E-state index contributed by atoms with van der Waals surface area (Å²) in [5.74, 6) is -2.75. The second-order valence-corrected chi connectivity index (χ2v) is 6.57. The van der Waals surface area contributed by atoms with Gasteiger partial charge in [-0.2, -0.15) is 0 Å². The average Bonchev–Trinajstić information content (AvgIpc) is 2.92. The second-order valence-electron chi connectivity index (χ2n) is 5.37. The number of carbonyl (C=O) groups excluding carboxylic acids is 1. The second kappa shape index (κ2) is 7.06. The SMILES string of the molecule is Cc1sc(NC(=O)Cc2ccccc2F)nc1-c1ccc(F)c(F)c1. The summed E-state index contributed by atoms with van der Waals surface area (Å²) >= 11 is 1.21. The molecular weight excluding hydrogens is 349 g/mol. The topological polar surface area (TPSA) is 42.0 Å². The van der Waals surface area contributed by atoms with Crippen LogP contribution in [-0.2, 0) is 11.2 Å². The first-order chi connectivity index (χ1) is 11.9. The first kappa shape index (κ1) is 17.2. The van der Waals surface area contributed by atoms with Crippen molar-refractivity contribution < 1.29 is 18.0 Å². The highest BCUT2D eigenvalue weighted by molar-refractivity contribution is 7.16. The molecule has 25 heavy (non-hydrogen) atoms. The van der Waals surface area contributed by atoms with Gasteiger partial charge in [-0.05, 0) is 36.8 Å². The molecule has 3 nitrogen and oxygen atoms in total. The number of rotatable bonds is 4. The third kappa shape index (κ3) is 3.88. The van der Waals surface area contributed by atoms with E-state index < -0.39 is 23.4 Å². The molecule has 0 saturated heterocycles. The molecule has 2 aromatic carbocycles. The van der Waals surface area contributed by atoms with Crippen molar-refractivity contribution in [2.45, 2.75) is 13.3 Å². The van der Waals surface area contributed by atoms with Crippen molar-refractivity contribution >= 4 is 22.4 Å². The molecule has 0 unspecified atom stereocenters. The minimum Gasteiger partial charge on any atom is -0.302 e. The molecule has 0 aliphatic carbocycles. The quantitative estimate of drug-likeness (QED) is 0.730. The van der Waals surface area contributed by atoms with E-state index in [0.29, 0.717) is 16.4 Å². The lowest BCUT2D eigenvalue weighted by atomic mass is 10.1. The molecule has 0 spiro atoms. The molecule has 3 rings (SSSR count). The van der Waals surface area contributed by atoms with Crippen LogP contribution in [0.25, 0.3) is 11.3 Å². The van der Waals surface area contributed by atoms with E-state index in [-0.39, 0.29) is 12.0 Å². The number of nitrogens with zero attached hydrogens (tertiary/aromatic N) is 1. The van der Waals surface area contributed by atoms with Crippen molar-refractivity contribution in [3.05, 3.63) is 70.4 Å². The van der Waals surface area contributed by atoms with Gasteiger partial charge >= 0.3 is 0 Å². The van der Waals surface area contributed by atoms with Crippen LogP contribution in [0.15, 0.2) is 42.5 Å². The summed E-state index contributed by atoms with van der Waals surface area (Å²) in [6, 6.07) is 9.54. The Labute approximate surface area is 146 Å². The van der Waals surface area contributed by atoms with Gasteiger partial charge in [-0.3, -0.25) is 4.79 Å². The van der Waals surface area contributed by atoms with Gasteiger partial charge in [0.05, 0.1) is 12.1 Å². The van der Waals surface area contributed by atoms with Gasteiger partial charge in [0, 0.05) is 10.4 Å². The minimum atomic E-state index is -0.963. The number of hydrogen-bond acceptors (Lipinski definition) is 3. The Morgan fingerprint density at radius 2 is 1.84 bits per heavy atom. The Kier molecular flexibility index (Phi) is 4.85. The van der Waals surface area contributed by atoms with Crippen LogP contribution in [-0.4, -0.2) is 10.9 Å². The summed E-state index contributed by atoms with van der Waals surface area (Å²) in [5, 5.41) is 2.93. The molecular formula is C18H13F3N2OS. The fourth-order valence-corrected chi connectivity index (χ4v) is 3.19. The molecule has 0 aliphatic rings. The molecule has 1 heterocycles. The Morgan fingerprint density at radius 3 is 2.56 bits per heavy atom. The monoisotopic (exact) mass is 362 g/mol. The largest absolute Gasteiger partial charge is 0.302 e. The van der Waals surface area contributed by atoms with Crippen molar-refractivity contribution in [3.63, 3.8) is 0 Å². The Bertz CT molecular complexity index is 940. The molecule has 0 saturated carbocycles. The molecule has 3 aromatic rings. The van der Waals surface area contributed by atoms with Crippen molar-refractivity contribution in [1.82, 2.24) is 4.98 Å². The van der Waals surface area contributed by atoms with Gasteiger partial charge in [0.2, 0.25) is 5.91 Å². The number of nitrogens with one attached hydrogen (secondary N) is 1. The Balaban J connectivity index is 1.77. The van der Waals surface area contributed by atoms with Gasteiger partial charge in [0.15, 0.2) is 16.8 Å². The fourth-order valence-electron chi connectivity index (χ4n) is 2.34. The lowest BCUT2D eigenvalue weighted by molar-refractivity contribution is -0.115. The molecule has 128 valence electrons. The highest BCUT2D eigenvalue weighted by Crippen LogP contribution is 2.31. The minimum absolute atomic E-state index is 0.119. The number of aryl methyl sites for hydroxylation is 1. The maximum Gasteiger partial charge on any atom is 0.230 e. The molecule has 0 radical (unpaired) electrons. The third-order valence-electron chi connectivity index (χ3n) is 3.54. The summed E-state index contributed by atoms with van der Waals surface area (Å²) in [7, 11) is 0. The van der Waals surface area contributed by atoms with E-state index in [0.717, 1.165) is 17.0 Å². The van der Waals surface area contributed by atoms with E-state index in [1.54, 1.807) is 19.1 Å². The first-order valence-corrected chi connectivity index (χ1v) is 8.22. The van der Waals surface area contributed by atoms with E-state index in [1.165, 1.54) is 29.5 Å². The maximum atomic E-state index is 13.6. The van der Waals surface area contributed by atoms with Crippen LogP contribution in [0.1, 0.15) is 10.4 Å². The van der Waals surface area contributed by atoms with Gasteiger partial charge in [-0.1, -0.05) is 18.2 Å². The standard InChI is InChI=1S/C18H13F3N2OS/c1-10-17(12-6-7-14(20)15(21)8-12)23-18(25-10)22-16(24)9-11-4-2-3-5-13(11)19/h2-8H,9H2,1H3,(H,22,23,24). The molecule has 1 N–H and O–H groups in total. The molecule has 7 heteroatoms. The number of aromatic nitrogens is 1. The first-order valence-electron chi connectivity index (χ1n) is 7.40. The van der Waals surface area contributed by atoms with Crippen LogP contribution in [0, 0.1) is 24.4 Å². The number of anilines is 1.